The van der Waals surface area contributed by atoms with Gasteiger partial charge >= 0.3 is 6.18 Å². The first kappa shape index (κ1) is 20.6. The lowest BCUT2D eigenvalue weighted by molar-refractivity contribution is -0.148. The molecule has 0 unspecified atom stereocenters. The van der Waals surface area contributed by atoms with E-state index in [0.29, 0.717) is 19.0 Å². The number of halogens is 3. The molecule has 0 radical (unpaired) electrons. The maximum atomic E-state index is 12.4. The number of likely N-dealkylation sites (tertiary alicyclic amines) is 1. The topological polar surface area (TPSA) is 39.7 Å². The van der Waals surface area contributed by atoms with Gasteiger partial charge in [-0.2, -0.15) is 13.2 Å². The van der Waals surface area contributed by atoms with Crippen molar-refractivity contribution in [1.82, 2.24) is 15.5 Å². The smallest absolute Gasteiger partial charge is 0.356 e. The Morgan fingerprint density at radius 3 is 2.38 bits per heavy atom. The van der Waals surface area contributed by atoms with Gasteiger partial charge in [0, 0.05) is 20.1 Å². The van der Waals surface area contributed by atoms with Crippen molar-refractivity contribution in [2.75, 3.05) is 39.8 Å². The van der Waals surface area contributed by atoms with Crippen molar-refractivity contribution < 1.29 is 13.2 Å². The Morgan fingerprint density at radius 1 is 1.12 bits per heavy atom. The molecule has 0 saturated carbocycles. The van der Waals surface area contributed by atoms with E-state index in [1.807, 2.05) is 18.2 Å². The molecule has 1 saturated heterocycles. The summed E-state index contributed by atoms with van der Waals surface area (Å²) in [6, 6.07) is 10.3. The standard InChI is InChI=1S/C19H29F3N4/c1-23-18(24-11-7-16-5-3-2-4-6-16)25-12-8-17-9-13-26(14-10-17)15-19(20,21)22/h2-6,17H,7-15H2,1H3,(H2,23,24,25). The van der Waals surface area contributed by atoms with Gasteiger partial charge in [0.25, 0.3) is 0 Å². The Kier molecular flexibility index (Phi) is 8.22. The van der Waals surface area contributed by atoms with Gasteiger partial charge < -0.3 is 10.6 Å². The molecular formula is C19H29F3N4. The zero-order valence-corrected chi connectivity index (χ0v) is 15.4. The molecule has 1 aromatic rings. The van der Waals surface area contributed by atoms with E-state index in [9.17, 15) is 13.2 Å². The summed E-state index contributed by atoms with van der Waals surface area (Å²) in [5.41, 5.74) is 1.28. The number of alkyl halides is 3. The number of nitrogens with one attached hydrogen (secondary N) is 2. The number of hydrogen-bond donors (Lipinski definition) is 2. The molecule has 2 rings (SSSR count). The molecule has 0 bridgehead atoms. The monoisotopic (exact) mass is 370 g/mol. The lowest BCUT2D eigenvalue weighted by Gasteiger charge is -2.32. The van der Waals surface area contributed by atoms with E-state index in [4.69, 9.17) is 0 Å². The second kappa shape index (κ2) is 10.4. The van der Waals surface area contributed by atoms with E-state index >= 15 is 0 Å². The number of piperidine rings is 1. The third-order valence-corrected chi connectivity index (χ3v) is 4.73. The molecule has 1 aliphatic heterocycles. The summed E-state index contributed by atoms with van der Waals surface area (Å²) in [5.74, 6) is 1.25. The Morgan fingerprint density at radius 2 is 1.77 bits per heavy atom. The fraction of sp³-hybridized carbons (Fsp3) is 0.632. The number of nitrogens with zero attached hydrogens (tertiary/aromatic N) is 2. The number of benzene rings is 1. The molecular weight excluding hydrogens is 341 g/mol. The van der Waals surface area contributed by atoms with Crippen LogP contribution in [-0.2, 0) is 6.42 Å². The normalized spacial score (nSPS) is 17.3. The first-order chi connectivity index (χ1) is 12.5. The van der Waals surface area contributed by atoms with Crippen molar-refractivity contribution in [1.29, 1.82) is 0 Å². The van der Waals surface area contributed by atoms with Gasteiger partial charge in [0.1, 0.15) is 0 Å². The Labute approximate surface area is 153 Å². The van der Waals surface area contributed by atoms with Gasteiger partial charge in [0.2, 0.25) is 0 Å². The van der Waals surface area contributed by atoms with E-state index in [1.165, 1.54) is 10.5 Å². The van der Waals surface area contributed by atoms with Crippen LogP contribution in [-0.4, -0.2) is 56.8 Å². The first-order valence-electron chi connectivity index (χ1n) is 9.24. The molecule has 0 aromatic heterocycles. The van der Waals surface area contributed by atoms with E-state index in [2.05, 4.69) is 27.8 Å². The molecule has 1 fully saturated rings. The average Bonchev–Trinajstić information content (AvgIpc) is 2.61. The van der Waals surface area contributed by atoms with Crippen molar-refractivity contribution in [3.63, 3.8) is 0 Å². The summed E-state index contributed by atoms with van der Waals surface area (Å²) in [7, 11) is 1.74. The minimum Gasteiger partial charge on any atom is -0.356 e. The SMILES string of the molecule is CN=C(NCCc1ccccc1)NCCC1CCN(CC(F)(F)F)CC1. The summed E-state index contributed by atoms with van der Waals surface area (Å²) in [5, 5.41) is 6.59. The molecule has 7 heteroatoms. The van der Waals surface area contributed by atoms with Crippen LogP contribution < -0.4 is 10.6 Å². The number of aliphatic imine (C=N–C) groups is 1. The molecule has 0 spiro atoms. The lowest BCUT2D eigenvalue weighted by Crippen LogP contribution is -2.42. The second-order valence-electron chi connectivity index (χ2n) is 6.78. The highest BCUT2D eigenvalue weighted by Gasteiger charge is 2.32. The van der Waals surface area contributed by atoms with Gasteiger partial charge in [0.05, 0.1) is 6.54 Å². The molecule has 1 aliphatic rings. The predicted octanol–water partition coefficient (Wildman–Crippen LogP) is 3.06. The maximum absolute atomic E-state index is 12.4. The van der Waals surface area contributed by atoms with E-state index in [1.54, 1.807) is 7.05 Å². The van der Waals surface area contributed by atoms with Gasteiger partial charge in [-0.05, 0) is 50.3 Å². The van der Waals surface area contributed by atoms with Gasteiger partial charge in [0.15, 0.2) is 5.96 Å². The molecule has 4 nitrogen and oxygen atoms in total. The quantitative estimate of drug-likeness (QED) is 0.572. The fourth-order valence-electron chi connectivity index (χ4n) is 3.27. The van der Waals surface area contributed by atoms with Crippen LogP contribution in [0, 0.1) is 5.92 Å². The van der Waals surface area contributed by atoms with Crippen LogP contribution in [0.2, 0.25) is 0 Å². The van der Waals surface area contributed by atoms with Gasteiger partial charge in [-0.1, -0.05) is 30.3 Å². The summed E-state index contributed by atoms with van der Waals surface area (Å²) in [4.78, 5) is 5.72. The van der Waals surface area contributed by atoms with Crippen LogP contribution in [0.1, 0.15) is 24.8 Å². The van der Waals surface area contributed by atoms with E-state index < -0.39 is 12.7 Å². The highest BCUT2D eigenvalue weighted by atomic mass is 19.4. The lowest BCUT2D eigenvalue weighted by atomic mass is 9.93. The minimum absolute atomic E-state index is 0.481. The summed E-state index contributed by atoms with van der Waals surface area (Å²) in [6.07, 6.45) is -0.541. The molecule has 26 heavy (non-hydrogen) atoms. The third kappa shape index (κ3) is 8.08. The highest BCUT2D eigenvalue weighted by Crippen LogP contribution is 2.23. The minimum atomic E-state index is -4.09. The van der Waals surface area contributed by atoms with Crippen LogP contribution >= 0.6 is 0 Å². The molecule has 0 aliphatic carbocycles. The number of hydrogen-bond acceptors (Lipinski definition) is 2. The van der Waals surface area contributed by atoms with Gasteiger partial charge in [-0.3, -0.25) is 9.89 Å². The van der Waals surface area contributed by atoms with Gasteiger partial charge in [-0.25, -0.2) is 0 Å². The summed E-state index contributed by atoms with van der Waals surface area (Å²) in [6.45, 7) is 1.88. The van der Waals surface area contributed by atoms with Crippen molar-refractivity contribution in [3.05, 3.63) is 35.9 Å². The zero-order valence-electron chi connectivity index (χ0n) is 15.4. The molecule has 1 heterocycles. The zero-order chi connectivity index (χ0) is 18.8. The number of rotatable bonds is 7. The second-order valence-corrected chi connectivity index (χ2v) is 6.78. The maximum Gasteiger partial charge on any atom is 0.401 e. The fourth-order valence-corrected chi connectivity index (χ4v) is 3.27. The predicted molar refractivity (Wildman–Crippen MR) is 99.3 cm³/mol. The highest BCUT2D eigenvalue weighted by molar-refractivity contribution is 5.79. The molecule has 2 N–H and O–H groups in total. The molecule has 0 amide bonds. The number of guanidine groups is 1. The first-order valence-corrected chi connectivity index (χ1v) is 9.24. The Bertz CT molecular complexity index is 537. The Hall–Kier alpha value is -1.76. The van der Waals surface area contributed by atoms with Gasteiger partial charge in [-0.15, -0.1) is 0 Å². The third-order valence-electron chi connectivity index (χ3n) is 4.73. The van der Waals surface area contributed by atoms with Crippen molar-refractivity contribution in [3.8, 4) is 0 Å². The van der Waals surface area contributed by atoms with Crippen LogP contribution in [0.25, 0.3) is 0 Å². The molecule has 146 valence electrons. The van der Waals surface area contributed by atoms with Crippen LogP contribution in [0.4, 0.5) is 13.2 Å². The van der Waals surface area contributed by atoms with E-state index in [0.717, 1.165) is 44.7 Å². The molecule has 1 aromatic carbocycles. The molecule has 0 atom stereocenters. The van der Waals surface area contributed by atoms with Crippen LogP contribution in [0.5, 0.6) is 0 Å². The van der Waals surface area contributed by atoms with Crippen LogP contribution in [0.3, 0.4) is 0 Å². The van der Waals surface area contributed by atoms with Crippen molar-refractivity contribution >= 4 is 5.96 Å². The summed E-state index contributed by atoms with van der Waals surface area (Å²) >= 11 is 0. The Balaban J connectivity index is 1.58. The average molecular weight is 370 g/mol. The van der Waals surface area contributed by atoms with E-state index in [-0.39, 0.29) is 0 Å². The largest absolute Gasteiger partial charge is 0.401 e. The van der Waals surface area contributed by atoms with Crippen molar-refractivity contribution in [2.24, 2.45) is 10.9 Å². The van der Waals surface area contributed by atoms with Crippen LogP contribution in [0.15, 0.2) is 35.3 Å². The van der Waals surface area contributed by atoms with Crippen molar-refractivity contribution in [2.45, 2.75) is 31.9 Å². The summed E-state index contributed by atoms with van der Waals surface area (Å²) < 4.78 is 37.2.